The number of nitriles is 1. The van der Waals surface area contributed by atoms with Gasteiger partial charge in [-0.3, -0.25) is 4.79 Å². The molecule has 1 aromatic heterocycles. The molecule has 8 heteroatoms. The summed E-state index contributed by atoms with van der Waals surface area (Å²) in [5, 5.41) is 13.5. The largest absolute Gasteiger partial charge is 0.450 e. The van der Waals surface area contributed by atoms with E-state index in [9.17, 15) is 14.9 Å². The number of nitrogens with zero attached hydrogens (tertiary/aromatic N) is 2. The van der Waals surface area contributed by atoms with Crippen LogP contribution in [-0.2, 0) is 17.7 Å². The average molecular weight is 430 g/mol. The molecular weight excluding hydrogens is 406 g/mol. The van der Waals surface area contributed by atoms with Crippen molar-refractivity contribution in [3.63, 3.8) is 0 Å². The normalized spacial score (nSPS) is 13.0. The Morgan fingerprint density at radius 2 is 2.21 bits per heavy atom. The van der Waals surface area contributed by atoms with Crippen molar-refractivity contribution in [1.82, 2.24) is 4.90 Å². The Morgan fingerprint density at radius 1 is 1.41 bits per heavy atom. The fraction of sp³-hybridized carbons (Fsp3) is 0.381. The summed E-state index contributed by atoms with van der Waals surface area (Å²) in [6.07, 6.45) is 0.222. The van der Waals surface area contributed by atoms with E-state index in [0.717, 1.165) is 15.3 Å². The molecule has 1 aliphatic rings. The van der Waals surface area contributed by atoms with Gasteiger partial charge in [-0.1, -0.05) is 19.9 Å². The van der Waals surface area contributed by atoms with Crippen molar-refractivity contribution < 1.29 is 14.3 Å². The van der Waals surface area contributed by atoms with Crippen LogP contribution in [0.2, 0.25) is 0 Å². The molecule has 1 aliphatic heterocycles. The fourth-order valence-corrected chi connectivity index (χ4v) is 5.24. The lowest BCUT2D eigenvalue weighted by molar-refractivity contribution is 0.102. The summed E-state index contributed by atoms with van der Waals surface area (Å²) >= 11 is 3.05. The first-order chi connectivity index (χ1) is 13.9. The molecule has 2 amide bonds. The Hall–Kier alpha value is -2.50. The molecule has 0 unspecified atom stereocenters. The highest BCUT2D eigenvalue weighted by atomic mass is 32.2. The number of amides is 2. The second-order valence-corrected chi connectivity index (χ2v) is 9.59. The molecule has 0 saturated carbocycles. The number of anilines is 1. The molecule has 152 valence electrons. The van der Waals surface area contributed by atoms with Crippen molar-refractivity contribution >= 4 is 40.1 Å². The number of rotatable bonds is 5. The predicted octanol–water partition coefficient (Wildman–Crippen LogP) is 4.89. The van der Waals surface area contributed by atoms with Gasteiger partial charge in [0.15, 0.2) is 0 Å². The minimum absolute atomic E-state index is 0.242. The Kier molecular flexibility index (Phi) is 6.83. The fourth-order valence-electron chi connectivity index (χ4n) is 3.14. The van der Waals surface area contributed by atoms with Crippen LogP contribution in [0.5, 0.6) is 0 Å². The summed E-state index contributed by atoms with van der Waals surface area (Å²) < 4.78 is 5.08. The number of ether oxygens (including phenoxy) is 1. The Labute approximate surface area is 178 Å². The van der Waals surface area contributed by atoms with E-state index in [2.05, 4.69) is 25.2 Å². The standard InChI is InChI=1S/C21H23N3O3S2/c1-4-27-21(26)24-9-8-16-17(11-22)20(29-18(16)12-24)23-19(25)14-6-5-7-15(10-14)28-13(2)3/h5-7,10,13H,4,8-9,12H2,1-3H3,(H,23,25). The van der Waals surface area contributed by atoms with Gasteiger partial charge in [-0.25, -0.2) is 4.79 Å². The molecule has 0 aliphatic carbocycles. The van der Waals surface area contributed by atoms with E-state index in [1.807, 2.05) is 18.2 Å². The molecule has 0 fully saturated rings. The smallest absolute Gasteiger partial charge is 0.410 e. The summed E-state index contributed by atoms with van der Waals surface area (Å²) in [6, 6.07) is 9.70. The molecule has 0 saturated heterocycles. The van der Waals surface area contributed by atoms with Crippen LogP contribution >= 0.6 is 23.1 Å². The SMILES string of the molecule is CCOC(=O)N1CCc2c(sc(NC(=O)c3cccc(SC(C)C)c3)c2C#N)C1. The number of thiophene rings is 1. The lowest BCUT2D eigenvalue weighted by atomic mass is 10.0. The number of thioether (sulfide) groups is 1. The van der Waals surface area contributed by atoms with Crippen LogP contribution in [0.4, 0.5) is 9.80 Å². The van der Waals surface area contributed by atoms with Gasteiger partial charge in [0.1, 0.15) is 11.1 Å². The molecule has 0 atom stereocenters. The van der Waals surface area contributed by atoms with Gasteiger partial charge in [0.05, 0.1) is 18.7 Å². The lowest BCUT2D eigenvalue weighted by Gasteiger charge is -2.25. The summed E-state index contributed by atoms with van der Waals surface area (Å²) in [6.45, 7) is 7.20. The van der Waals surface area contributed by atoms with Gasteiger partial charge in [0.2, 0.25) is 0 Å². The number of hydrogen-bond acceptors (Lipinski definition) is 6. The Balaban J connectivity index is 1.80. The molecule has 1 aromatic carbocycles. The van der Waals surface area contributed by atoms with E-state index in [0.29, 0.717) is 47.5 Å². The molecule has 2 aromatic rings. The monoisotopic (exact) mass is 429 g/mol. The zero-order chi connectivity index (χ0) is 21.0. The van der Waals surface area contributed by atoms with E-state index in [1.165, 1.54) is 11.3 Å². The quantitative estimate of drug-likeness (QED) is 0.685. The number of hydrogen-bond donors (Lipinski definition) is 1. The Morgan fingerprint density at radius 3 is 2.90 bits per heavy atom. The molecule has 1 N–H and O–H groups in total. The number of carbonyl (C=O) groups excluding carboxylic acids is 2. The van der Waals surface area contributed by atoms with Gasteiger partial charge in [-0.05, 0) is 37.1 Å². The van der Waals surface area contributed by atoms with Crippen molar-refractivity contribution in [2.75, 3.05) is 18.5 Å². The van der Waals surface area contributed by atoms with Crippen LogP contribution in [0.15, 0.2) is 29.2 Å². The maximum absolute atomic E-state index is 12.8. The molecule has 29 heavy (non-hydrogen) atoms. The van der Waals surface area contributed by atoms with Crippen molar-refractivity contribution in [3.8, 4) is 6.07 Å². The van der Waals surface area contributed by atoms with E-state index < -0.39 is 0 Å². The number of nitrogens with one attached hydrogen (secondary N) is 1. The highest BCUT2D eigenvalue weighted by molar-refractivity contribution is 7.99. The maximum atomic E-state index is 12.8. The first-order valence-electron chi connectivity index (χ1n) is 9.47. The van der Waals surface area contributed by atoms with E-state index in [-0.39, 0.29) is 12.0 Å². The van der Waals surface area contributed by atoms with Crippen molar-refractivity contribution in [2.45, 2.75) is 43.9 Å². The zero-order valence-electron chi connectivity index (χ0n) is 16.7. The van der Waals surface area contributed by atoms with Crippen LogP contribution in [0.1, 0.15) is 47.1 Å². The van der Waals surface area contributed by atoms with E-state index in [1.54, 1.807) is 29.7 Å². The number of carbonyl (C=O) groups is 2. The topological polar surface area (TPSA) is 82.4 Å². The van der Waals surface area contributed by atoms with Gasteiger partial charge < -0.3 is 15.0 Å². The Bertz CT molecular complexity index is 963. The van der Waals surface area contributed by atoms with Crippen molar-refractivity contribution in [2.24, 2.45) is 0 Å². The second-order valence-electron chi connectivity index (χ2n) is 6.84. The molecule has 2 heterocycles. The van der Waals surface area contributed by atoms with Gasteiger partial charge in [0.25, 0.3) is 5.91 Å². The van der Waals surface area contributed by atoms with Crippen LogP contribution in [0, 0.1) is 11.3 Å². The van der Waals surface area contributed by atoms with Crippen LogP contribution in [0.25, 0.3) is 0 Å². The molecule has 0 bridgehead atoms. The first kappa shape index (κ1) is 21.2. The van der Waals surface area contributed by atoms with Gasteiger partial charge in [0, 0.05) is 27.1 Å². The molecule has 0 spiro atoms. The first-order valence-corrected chi connectivity index (χ1v) is 11.2. The molecule has 6 nitrogen and oxygen atoms in total. The average Bonchev–Trinajstić information content (AvgIpc) is 3.03. The van der Waals surface area contributed by atoms with E-state index in [4.69, 9.17) is 4.74 Å². The summed E-state index contributed by atoms with van der Waals surface area (Å²) in [5.41, 5.74) is 1.96. The summed E-state index contributed by atoms with van der Waals surface area (Å²) in [7, 11) is 0. The maximum Gasteiger partial charge on any atom is 0.410 e. The van der Waals surface area contributed by atoms with Crippen LogP contribution in [-0.4, -0.2) is 35.3 Å². The predicted molar refractivity (Wildman–Crippen MR) is 116 cm³/mol. The molecular formula is C21H23N3O3S2. The van der Waals surface area contributed by atoms with Gasteiger partial charge >= 0.3 is 6.09 Å². The number of benzene rings is 1. The minimum Gasteiger partial charge on any atom is -0.450 e. The van der Waals surface area contributed by atoms with E-state index >= 15 is 0 Å². The van der Waals surface area contributed by atoms with Crippen molar-refractivity contribution in [3.05, 3.63) is 45.8 Å². The van der Waals surface area contributed by atoms with Crippen molar-refractivity contribution in [1.29, 1.82) is 5.26 Å². The highest BCUT2D eigenvalue weighted by Gasteiger charge is 2.28. The van der Waals surface area contributed by atoms with Crippen LogP contribution < -0.4 is 5.32 Å². The lowest BCUT2D eigenvalue weighted by Crippen LogP contribution is -2.35. The minimum atomic E-state index is -0.352. The third-order valence-corrected chi connectivity index (χ3v) is 6.52. The third kappa shape index (κ3) is 4.92. The van der Waals surface area contributed by atoms with Gasteiger partial charge in [-0.15, -0.1) is 23.1 Å². The third-order valence-electron chi connectivity index (χ3n) is 4.39. The summed E-state index contributed by atoms with van der Waals surface area (Å²) in [5.74, 6) is -0.242. The van der Waals surface area contributed by atoms with Gasteiger partial charge in [-0.2, -0.15) is 5.26 Å². The highest BCUT2D eigenvalue weighted by Crippen LogP contribution is 2.37. The zero-order valence-corrected chi connectivity index (χ0v) is 18.3. The molecule has 3 rings (SSSR count). The van der Waals surface area contributed by atoms with Crippen LogP contribution in [0.3, 0.4) is 0 Å². The number of fused-ring (bicyclic) bond motifs is 1. The molecule has 0 radical (unpaired) electrons. The second kappa shape index (κ2) is 9.33. The summed E-state index contributed by atoms with van der Waals surface area (Å²) in [4.78, 5) is 28.4.